The predicted octanol–water partition coefficient (Wildman–Crippen LogP) is 4.16. The van der Waals surface area contributed by atoms with Gasteiger partial charge in [0.05, 0.1) is 16.8 Å². The van der Waals surface area contributed by atoms with Crippen LogP contribution in [-0.4, -0.2) is 26.4 Å². The minimum Gasteiger partial charge on any atom is -0.484 e. The molecule has 2 aromatic carbocycles. The summed E-state index contributed by atoms with van der Waals surface area (Å²) in [7, 11) is 1.81. The van der Waals surface area contributed by atoms with Crippen LogP contribution in [0.15, 0.2) is 53.7 Å². The maximum Gasteiger partial charge on any atom is 0.230 e. The molecule has 0 saturated carbocycles. The minimum absolute atomic E-state index is 0.149. The fraction of sp³-hybridized carbons (Fsp3) is 0.250. The monoisotopic (exact) mass is 434 g/mol. The van der Waals surface area contributed by atoms with Crippen LogP contribution in [0.4, 0.5) is 4.39 Å². The van der Waals surface area contributed by atoms with Crippen LogP contribution in [-0.2, 0) is 18.4 Å². The fourth-order valence-corrected chi connectivity index (χ4v) is 3.48. The van der Waals surface area contributed by atoms with E-state index in [9.17, 15) is 9.18 Å². The molecule has 152 valence electrons. The SMILES string of the molecule is CC(NC(=O)CSc1nnc(COc2ccccc2Cl)n1C)c1ccc(F)cc1. The second kappa shape index (κ2) is 9.76. The number of benzene rings is 2. The number of para-hydroxylation sites is 1. The first kappa shape index (κ1) is 21.1. The van der Waals surface area contributed by atoms with Gasteiger partial charge in [-0.1, -0.05) is 47.6 Å². The van der Waals surface area contributed by atoms with Crippen LogP contribution < -0.4 is 10.1 Å². The van der Waals surface area contributed by atoms with Crippen LogP contribution in [0.2, 0.25) is 5.02 Å². The number of ether oxygens (including phenoxy) is 1. The van der Waals surface area contributed by atoms with E-state index in [1.165, 1.54) is 23.9 Å². The molecule has 0 aliphatic heterocycles. The zero-order valence-corrected chi connectivity index (χ0v) is 17.5. The predicted molar refractivity (Wildman–Crippen MR) is 110 cm³/mol. The van der Waals surface area contributed by atoms with Gasteiger partial charge in [0.25, 0.3) is 0 Å². The highest BCUT2D eigenvalue weighted by atomic mass is 35.5. The van der Waals surface area contributed by atoms with E-state index in [4.69, 9.17) is 16.3 Å². The van der Waals surface area contributed by atoms with Gasteiger partial charge in [-0.05, 0) is 36.8 Å². The number of nitrogens with zero attached hydrogens (tertiary/aromatic N) is 3. The second-order valence-corrected chi connectivity index (χ2v) is 7.66. The molecule has 0 aliphatic rings. The molecule has 1 heterocycles. The standard InChI is InChI=1S/C20H20ClFN4O2S/c1-13(14-7-9-15(22)10-8-14)23-19(27)12-29-20-25-24-18(26(20)2)11-28-17-6-4-3-5-16(17)21/h3-10,13H,11-12H2,1-2H3,(H,23,27). The Balaban J connectivity index is 1.51. The zero-order chi connectivity index (χ0) is 20.8. The van der Waals surface area contributed by atoms with Crippen LogP contribution in [0, 0.1) is 5.82 Å². The topological polar surface area (TPSA) is 69.0 Å². The van der Waals surface area contributed by atoms with E-state index >= 15 is 0 Å². The van der Waals surface area contributed by atoms with Crippen LogP contribution in [0.5, 0.6) is 5.75 Å². The highest BCUT2D eigenvalue weighted by molar-refractivity contribution is 7.99. The molecule has 1 amide bonds. The van der Waals surface area contributed by atoms with Crippen molar-refractivity contribution in [2.75, 3.05) is 5.75 Å². The second-order valence-electron chi connectivity index (χ2n) is 6.31. The van der Waals surface area contributed by atoms with Crippen molar-refractivity contribution in [2.45, 2.75) is 24.7 Å². The molecule has 0 spiro atoms. The number of amides is 1. The third-order valence-electron chi connectivity index (χ3n) is 4.20. The Bertz CT molecular complexity index is 981. The van der Waals surface area contributed by atoms with Crippen LogP contribution in [0.25, 0.3) is 0 Å². The van der Waals surface area contributed by atoms with E-state index < -0.39 is 0 Å². The Morgan fingerprint density at radius 2 is 1.97 bits per heavy atom. The summed E-state index contributed by atoms with van der Waals surface area (Å²) in [5.74, 6) is 0.916. The maximum atomic E-state index is 13.0. The molecule has 0 radical (unpaired) electrons. The first-order valence-electron chi connectivity index (χ1n) is 8.87. The summed E-state index contributed by atoms with van der Waals surface area (Å²) in [6.07, 6.45) is 0. The van der Waals surface area contributed by atoms with Crippen molar-refractivity contribution in [2.24, 2.45) is 7.05 Å². The van der Waals surface area contributed by atoms with Crippen molar-refractivity contribution < 1.29 is 13.9 Å². The molecule has 9 heteroatoms. The van der Waals surface area contributed by atoms with Gasteiger partial charge in [-0.3, -0.25) is 4.79 Å². The van der Waals surface area contributed by atoms with E-state index in [2.05, 4.69) is 15.5 Å². The normalized spacial score (nSPS) is 11.9. The van der Waals surface area contributed by atoms with Crippen molar-refractivity contribution in [3.63, 3.8) is 0 Å². The maximum absolute atomic E-state index is 13.0. The van der Waals surface area contributed by atoms with E-state index in [0.717, 1.165) is 5.56 Å². The molecule has 3 rings (SSSR count). The van der Waals surface area contributed by atoms with Crippen LogP contribution in [0.3, 0.4) is 0 Å². The minimum atomic E-state index is -0.306. The molecule has 6 nitrogen and oxygen atoms in total. The van der Waals surface area contributed by atoms with Crippen molar-refractivity contribution in [3.05, 3.63) is 70.8 Å². The molecule has 0 fully saturated rings. The summed E-state index contributed by atoms with van der Waals surface area (Å²) >= 11 is 7.35. The fourth-order valence-electron chi connectivity index (χ4n) is 2.55. The van der Waals surface area contributed by atoms with Gasteiger partial charge in [0.1, 0.15) is 18.2 Å². The summed E-state index contributed by atoms with van der Waals surface area (Å²) < 4.78 is 20.5. The summed E-state index contributed by atoms with van der Waals surface area (Å²) in [4.78, 5) is 12.2. The number of nitrogens with one attached hydrogen (secondary N) is 1. The molecule has 1 N–H and O–H groups in total. The van der Waals surface area contributed by atoms with Crippen molar-refractivity contribution in [1.29, 1.82) is 0 Å². The van der Waals surface area contributed by atoms with E-state index in [1.54, 1.807) is 28.8 Å². The Morgan fingerprint density at radius 3 is 2.69 bits per heavy atom. The van der Waals surface area contributed by atoms with Crippen LogP contribution >= 0.6 is 23.4 Å². The zero-order valence-electron chi connectivity index (χ0n) is 15.9. The molecule has 0 saturated heterocycles. The molecular formula is C20H20ClFN4O2S. The Hall–Kier alpha value is -2.58. The lowest BCUT2D eigenvalue weighted by atomic mass is 10.1. The molecular weight excluding hydrogens is 415 g/mol. The van der Waals surface area contributed by atoms with Gasteiger partial charge in [-0.2, -0.15) is 0 Å². The third-order valence-corrected chi connectivity index (χ3v) is 5.53. The first-order chi connectivity index (χ1) is 13.9. The van der Waals surface area contributed by atoms with Gasteiger partial charge >= 0.3 is 0 Å². The Kier molecular flexibility index (Phi) is 7.11. The van der Waals surface area contributed by atoms with Gasteiger partial charge in [0.15, 0.2) is 11.0 Å². The highest BCUT2D eigenvalue weighted by Crippen LogP contribution is 2.24. The lowest BCUT2D eigenvalue weighted by Gasteiger charge is -2.14. The number of carbonyl (C=O) groups excluding carboxylic acids is 1. The first-order valence-corrected chi connectivity index (χ1v) is 10.2. The van der Waals surface area contributed by atoms with Gasteiger partial charge < -0.3 is 14.6 Å². The molecule has 1 aromatic heterocycles. The third kappa shape index (κ3) is 5.71. The number of hydrogen-bond acceptors (Lipinski definition) is 5. The number of carbonyl (C=O) groups is 1. The number of halogens is 2. The lowest BCUT2D eigenvalue weighted by molar-refractivity contribution is -0.119. The lowest BCUT2D eigenvalue weighted by Crippen LogP contribution is -2.28. The average molecular weight is 435 g/mol. The average Bonchev–Trinajstić information content (AvgIpc) is 3.06. The quantitative estimate of drug-likeness (QED) is 0.539. The van der Waals surface area contributed by atoms with Gasteiger partial charge in [0, 0.05) is 7.05 Å². The Morgan fingerprint density at radius 1 is 1.24 bits per heavy atom. The molecule has 29 heavy (non-hydrogen) atoms. The summed E-state index contributed by atoms with van der Waals surface area (Å²) in [5.41, 5.74) is 0.836. The van der Waals surface area contributed by atoms with Crippen LogP contribution in [0.1, 0.15) is 24.4 Å². The van der Waals surface area contributed by atoms with Crippen molar-refractivity contribution in [1.82, 2.24) is 20.1 Å². The van der Waals surface area contributed by atoms with E-state index in [-0.39, 0.29) is 30.1 Å². The Labute approximate surface area is 177 Å². The number of aromatic nitrogens is 3. The van der Waals surface area contributed by atoms with Crippen molar-refractivity contribution in [3.8, 4) is 5.75 Å². The number of rotatable bonds is 8. The molecule has 3 aromatic rings. The largest absolute Gasteiger partial charge is 0.484 e. The van der Waals surface area contributed by atoms with Gasteiger partial charge in [0.2, 0.25) is 5.91 Å². The van der Waals surface area contributed by atoms with E-state index in [0.29, 0.717) is 21.8 Å². The molecule has 1 unspecified atom stereocenters. The smallest absolute Gasteiger partial charge is 0.230 e. The number of thioether (sulfide) groups is 1. The summed E-state index contributed by atoms with van der Waals surface area (Å²) in [5, 5.41) is 12.2. The summed E-state index contributed by atoms with van der Waals surface area (Å²) in [6.45, 7) is 2.06. The van der Waals surface area contributed by atoms with Gasteiger partial charge in [-0.15, -0.1) is 10.2 Å². The highest BCUT2D eigenvalue weighted by Gasteiger charge is 2.14. The van der Waals surface area contributed by atoms with Gasteiger partial charge in [-0.25, -0.2) is 4.39 Å². The summed E-state index contributed by atoms with van der Waals surface area (Å²) in [6, 6.07) is 13.0. The van der Waals surface area contributed by atoms with E-state index in [1.807, 2.05) is 26.1 Å². The molecule has 0 bridgehead atoms. The number of hydrogen-bond donors (Lipinski definition) is 1. The molecule has 0 aliphatic carbocycles. The van der Waals surface area contributed by atoms with Crippen molar-refractivity contribution >= 4 is 29.3 Å². The molecule has 1 atom stereocenters.